The maximum atomic E-state index is 5.67. The average molecular weight is 232 g/mol. The third kappa shape index (κ3) is 3.04. The molecule has 0 atom stereocenters. The van der Waals surface area contributed by atoms with Crippen LogP contribution in [0.2, 0.25) is 0 Å². The number of aryl methyl sites for hydroxylation is 1. The molecule has 0 spiro atoms. The smallest absolute Gasteiger partial charge is 0.142 e. The van der Waals surface area contributed by atoms with Crippen LogP contribution in [-0.4, -0.2) is 21.1 Å². The van der Waals surface area contributed by atoms with Crippen LogP contribution in [0.4, 0.5) is 0 Å². The summed E-state index contributed by atoms with van der Waals surface area (Å²) in [5.41, 5.74) is 7.38. The summed E-state index contributed by atoms with van der Waals surface area (Å²) < 4.78 is 7.63. The summed E-state index contributed by atoms with van der Waals surface area (Å²) in [4.78, 5) is 8.31. The monoisotopic (exact) mass is 232 g/mol. The summed E-state index contributed by atoms with van der Waals surface area (Å²) in [5, 5.41) is 0. The van der Waals surface area contributed by atoms with Crippen LogP contribution in [-0.2, 0) is 13.1 Å². The van der Waals surface area contributed by atoms with Gasteiger partial charge in [-0.3, -0.25) is 4.98 Å². The van der Waals surface area contributed by atoms with Crippen molar-refractivity contribution in [3.8, 4) is 5.75 Å². The van der Waals surface area contributed by atoms with Crippen LogP contribution in [0.3, 0.4) is 0 Å². The number of nitrogens with two attached hydrogens (primary N) is 1. The molecule has 90 valence electrons. The van der Waals surface area contributed by atoms with Crippen LogP contribution in [0.25, 0.3) is 0 Å². The van der Waals surface area contributed by atoms with Gasteiger partial charge in [-0.05, 0) is 19.1 Å². The van der Waals surface area contributed by atoms with Crippen molar-refractivity contribution in [2.75, 3.05) is 6.61 Å². The van der Waals surface area contributed by atoms with Crippen molar-refractivity contribution in [2.45, 2.75) is 20.0 Å². The van der Waals surface area contributed by atoms with Crippen LogP contribution in [0, 0.1) is 6.92 Å². The Kier molecular flexibility index (Phi) is 3.72. The van der Waals surface area contributed by atoms with E-state index in [1.54, 1.807) is 12.5 Å². The second-order valence-corrected chi connectivity index (χ2v) is 3.75. The molecule has 0 bridgehead atoms. The molecule has 0 aliphatic heterocycles. The summed E-state index contributed by atoms with van der Waals surface area (Å²) in [6.07, 6.45) is 5.42. The molecule has 2 aromatic rings. The Bertz CT molecular complexity index is 467. The van der Waals surface area contributed by atoms with Crippen molar-refractivity contribution < 1.29 is 4.74 Å². The van der Waals surface area contributed by atoms with Crippen LogP contribution >= 0.6 is 0 Å². The summed E-state index contributed by atoms with van der Waals surface area (Å²) >= 11 is 0. The first-order valence-corrected chi connectivity index (χ1v) is 5.54. The van der Waals surface area contributed by atoms with Crippen LogP contribution < -0.4 is 10.5 Å². The molecule has 2 aromatic heterocycles. The number of hydrogen-bond acceptors (Lipinski definition) is 4. The SMILES string of the molecule is Cc1ccc(OCCn2ccnc2)c(CN)n1. The van der Waals surface area contributed by atoms with Crippen molar-refractivity contribution in [1.82, 2.24) is 14.5 Å². The molecule has 0 unspecified atom stereocenters. The lowest BCUT2D eigenvalue weighted by Gasteiger charge is -2.10. The molecule has 0 radical (unpaired) electrons. The number of pyridine rings is 1. The van der Waals surface area contributed by atoms with E-state index in [0.717, 1.165) is 23.7 Å². The van der Waals surface area contributed by atoms with E-state index in [0.29, 0.717) is 13.2 Å². The van der Waals surface area contributed by atoms with E-state index in [9.17, 15) is 0 Å². The minimum Gasteiger partial charge on any atom is -0.490 e. The van der Waals surface area contributed by atoms with E-state index in [4.69, 9.17) is 10.5 Å². The summed E-state index contributed by atoms with van der Waals surface area (Å²) in [6.45, 7) is 3.67. The Morgan fingerprint density at radius 1 is 1.41 bits per heavy atom. The van der Waals surface area contributed by atoms with Gasteiger partial charge in [0, 0.05) is 24.6 Å². The maximum Gasteiger partial charge on any atom is 0.142 e. The molecular formula is C12H16N4O. The van der Waals surface area contributed by atoms with Crippen molar-refractivity contribution in [3.63, 3.8) is 0 Å². The zero-order valence-corrected chi connectivity index (χ0v) is 9.84. The van der Waals surface area contributed by atoms with Crippen LogP contribution in [0.5, 0.6) is 5.75 Å². The molecule has 2 rings (SSSR count). The quantitative estimate of drug-likeness (QED) is 0.839. The minimum absolute atomic E-state index is 0.391. The number of imidazole rings is 1. The van der Waals surface area contributed by atoms with Gasteiger partial charge >= 0.3 is 0 Å². The average Bonchev–Trinajstić information content (AvgIpc) is 2.84. The van der Waals surface area contributed by atoms with E-state index >= 15 is 0 Å². The third-order valence-electron chi connectivity index (χ3n) is 2.43. The number of hydrogen-bond donors (Lipinski definition) is 1. The van der Waals surface area contributed by atoms with Crippen molar-refractivity contribution in [2.24, 2.45) is 5.73 Å². The third-order valence-corrected chi connectivity index (χ3v) is 2.43. The zero-order chi connectivity index (χ0) is 12.1. The molecule has 0 fully saturated rings. The van der Waals surface area contributed by atoms with E-state index in [1.807, 2.05) is 29.8 Å². The van der Waals surface area contributed by atoms with Gasteiger partial charge < -0.3 is 15.0 Å². The molecule has 5 nitrogen and oxygen atoms in total. The standard InChI is InChI=1S/C12H16N4O/c1-10-2-3-12(11(8-13)15-10)17-7-6-16-5-4-14-9-16/h2-5,9H,6-8,13H2,1H3. The molecule has 5 heteroatoms. The summed E-state index contributed by atoms with van der Waals surface area (Å²) in [7, 11) is 0. The number of rotatable bonds is 5. The highest BCUT2D eigenvalue weighted by Gasteiger charge is 2.03. The lowest BCUT2D eigenvalue weighted by atomic mass is 10.3. The van der Waals surface area contributed by atoms with Gasteiger partial charge in [0.1, 0.15) is 12.4 Å². The van der Waals surface area contributed by atoms with Crippen molar-refractivity contribution >= 4 is 0 Å². The van der Waals surface area contributed by atoms with E-state index in [-0.39, 0.29) is 0 Å². The molecular weight excluding hydrogens is 216 g/mol. The Morgan fingerprint density at radius 3 is 3.00 bits per heavy atom. The fourth-order valence-electron chi connectivity index (χ4n) is 1.56. The van der Waals surface area contributed by atoms with Gasteiger partial charge in [-0.25, -0.2) is 4.98 Å². The number of nitrogens with zero attached hydrogens (tertiary/aromatic N) is 3. The lowest BCUT2D eigenvalue weighted by molar-refractivity contribution is 0.294. The maximum absolute atomic E-state index is 5.67. The molecule has 2 N–H and O–H groups in total. The highest BCUT2D eigenvalue weighted by Crippen LogP contribution is 2.16. The molecule has 0 saturated heterocycles. The fourth-order valence-corrected chi connectivity index (χ4v) is 1.56. The number of ether oxygens (including phenoxy) is 1. The van der Waals surface area contributed by atoms with E-state index < -0.39 is 0 Å². The Balaban J connectivity index is 1.94. The molecule has 0 saturated carbocycles. The Hall–Kier alpha value is -1.88. The van der Waals surface area contributed by atoms with Gasteiger partial charge in [0.05, 0.1) is 18.6 Å². The van der Waals surface area contributed by atoms with Crippen molar-refractivity contribution in [1.29, 1.82) is 0 Å². The predicted octanol–water partition coefficient (Wildman–Crippen LogP) is 1.12. The molecule has 0 aliphatic rings. The normalized spacial score (nSPS) is 10.5. The molecule has 17 heavy (non-hydrogen) atoms. The minimum atomic E-state index is 0.391. The van der Waals surface area contributed by atoms with Crippen LogP contribution in [0.15, 0.2) is 30.9 Å². The van der Waals surface area contributed by atoms with Gasteiger partial charge in [0.15, 0.2) is 0 Å². The summed E-state index contributed by atoms with van der Waals surface area (Å²) in [6, 6.07) is 3.84. The molecule has 0 aromatic carbocycles. The first-order chi connectivity index (χ1) is 8.29. The first-order valence-electron chi connectivity index (χ1n) is 5.54. The Morgan fingerprint density at radius 2 is 2.29 bits per heavy atom. The zero-order valence-electron chi connectivity index (χ0n) is 9.84. The highest BCUT2D eigenvalue weighted by atomic mass is 16.5. The van der Waals surface area contributed by atoms with Gasteiger partial charge in [0.2, 0.25) is 0 Å². The second-order valence-electron chi connectivity index (χ2n) is 3.75. The lowest BCUT2D eigenvalue weighted by Crippen LogP contribution is -2.10. The predicted molar refractivity (Wildman–Crippen MR) is 64.6 cm³/mol. The largest absolute Gasteiger partial charge is 0.490 e. The van der Waals surface area contributed by atoms with Gasteiger partial charge in [-0.2, -0.15) is 0 Å². The van der Waals surface area contributed by atoms with E-state index in [1.165, 1.54) is 0 Å². The van der Waals surface area contributed by atoms with Crippen molar-refractivity contribution in [3.05, 3.63) is 42.2 Å². The summed E-state index contributed by atoms with van der Waals surface area (Å²) in [5.74, 6) is 0.762. The van der Waals surface area contributed by atoms with E-state index in [2.05, 4.69) is 9.97 Å². The topological polar surface area (TPSA) is 66.0 Å². The molecule has 2 heterocycles. The Labute approximate surface area is 100 Å². The highest BCUT2D eigenvalue weighted by molar-refractivity contribution is 5.29. The molecule has 0 amide bonds. The van der Waals surface area contributed by atoms with Gasteiger partial charge in [0.25, 0.3) is 0 Å². The van der Waals surface area contributed by atoms with Crippen LogP contribution in [0.1, 0.15) is 11.4 Å². The van der Waals surface area contributed by atoms with Gasteiger partial charge in [-0.1, -0.05) is 0 Å². The fraction of sp³-hybridized carbons (Fsp3) is 0.333. The van der Waals surface area contributed by atoms with Gasteiger partial charge in [-0.15, -0.1) is 0 Å². The second kappa shape index (κ2) is 5.45. The molecule has 0 aliphatic carbocycles. The first kappa shape index (κ1) is 11.6. The number of aromatic nitrogens is 3.